The van der Waals surface area contributed by atoms with E-state index in [-0.39, 0.29) is 5.92 Å². The third-order valence-electron chi connectivity index (χ3n) is 4.12. The predicted octanol–water partition coefficient (Wildman–Crippen LogP) is 3.16. The van der Waals surface area contributed by atoms with Gasteiger partial charge in [0.2, 0.25) is 0 Å². The van der Waals surface area contributed by atoms with E-state index in [0.29, 0.717) is 6.04 Å². The van der Waals surface area contributed by atoms with Gasteiger partial charge in [-0.15, -0.1) is 0 Å². The number of carbonyl (C=O) groups is 1. The normalized spacial score (nSPS) is 23.0. The number of nitrogens with zero attached hydrogens (tertiary/aromatic N) is 1. The van der Waals surface area contributed by atoms with Gasteiger partial charge in [-0.1, -0.05) is 19.1 Å². The van der Waals surface area contributed by atoms with Crippen LogP contribution in [-0.2, 0) is 11.3 Å². The third-order valence-corrected chi connectivity index (χ3v) is 4.12. The van der Waals surface area contributed by atoms with Crippen molar-refractivity contribution in [1.29, 1.82) is 0 Å². The summed E-state index contributed by atoms with van der Waals surface area (Å²) in [4.78, 5) is 13.4. The van der Waals surface area contributed by atoms with Gasteiger partial charge < -0.3 is 9.84 Å². The van der Waals surface area contributed by atoms with Crippen molar-refractivity contribution in [1.82, 2.24) is 4.90 Å². The van der Waals surface area contributed by atoms with E-state index in [1.54, 1.807) is 0 Å². The fraction of sp³-hybridized carbons (Fsp3) is 0.588. The van der Waals surface area contributed by atoms with Gasteiger partial charge in [0, 0.05) is 12.6 Å². The van der Waals surface area contributed by atoms with Crippen molar-refractivity contribution in [3.63, 3.8) is 0 Å². The summed E-state index contributed by atoms with van der Waals surface area (Å²) in [5.41, 5.74) is 1.23. The van der Waals surface area contributed by atoms with Crippen LogP contribution in [0.25, 0.3) is 0 Å². The first-order valence-corrected chi connectivity index (χ1v) is 7.78. The Bertz CT molecular complexity index is 475. The van der Waals surface area contributed by atoms with Crippen molar-refractivity contribution in [2.75, 3.05) is 13.2 Å². The number of rotatable bonds is 6. The molecule has 0 bridgehead atoms. The largest absolute Gasteiger partial charge is 0.494 e. The van der Waals surface area contributed by atoms with Crippen molar-refractivity contribution < 1.29 is 14.6 Å². The maximum absolute atomic E-state index is 11.1. The zero-order chi connectivity index (χ0) is 15.2. The highest BCUT2D eigenvalue weighted by Crippen LogP contribution is 2.25. The van der Waals surface area contributed by atoms with Crippen LogP contribution in [0.2, 0.25) is 0 Å². The van der Waals surface area contributed by atoms with Crippen LogP contribution >= 0.6 is 0 Å². The topological polar surface area (TPSA) is 49.8 Å². The molecule has 2 rings (SSSR count). The molecular weight excluding hydrogens is 266 g/mol. The van der Waals surface area contributed by atoms with Crippen molar-refractivity contribution in [3.8, 4) is 5.75 Å². The number of carboxylic acids is 1. The molecule has 0 spiro atoms. The van der Waals surface area contributed by atoms with Gasteiger partial charge in [0.15, 0.2) is 0 Å². The first-order valence-electron chi connectivity index (χ1n) is 7.78. The molecule has 4 nitrogen and oxygen atoms in total. The van der Waals surface area contributed by atoms with Crippen molar-refractivity contribution in [3.05, 3.63) is 29.8 Å². The van der Waals surface area contributed by atoms with Gasteiger partial charge >= 0.3 is 5.97 Å². The van der Waals surface area contributed by atoms with E-state index >= 15 is 0 Å². The van der Waals surface area contributed by atoms with E-state index in [1.807, 2.05) is 12.1 Å². The third kappa shape index (κ3) is 4.46. The molecule has 1 fully saturated rings. The van der Waals surface area contributed by atoms with Crippen LogP contribution in [0.15, 0.2) is 24.3 Å². The molecule has 21 heavy (non-hydrogen) atoms. The maximum Gasteiger partial charge on any atom is 0.306 e. The number of aliphatic carboxylic acids is 1. The molecule has 116 valence electrons. The Hall–Kier alpha value is -1.55. The standard InChI is InChI=1S/C17H25NO3/c1-3-9-21-16-6-4-5-14(11-16)12-18-8-7-15(17(19)20)10-13(18)2/h4-6,11,13,15H,3,7-10,12H2,1-2H3,(H,19,20). The minimum Gasteiger partial charge on any atom is -0.494 e. The van der Waals surface area contributed by atoms with Crippen molar-refractivity contribution in [2.24, 2.45) is 5.92 Å². The summed E-state index contributed by atoms with van der Waals surface area (Å²) in [6.07, 6.45) is 2.48. The monoisotopic (exact) mass is 291 g/mol. The van der Waals surface area contributed by atoms with Gasteiger partial charge in [0.25, 0.3) is 0 Å². The summed E-state index contributed by atoms with van der Waals surface area (Å²) < 4.78 is 5.66. The van der Waals surface area contributed by atoms with Gasteiger partial charge in [0.1, 0.15) is 5.75 Å². The number of piperidine rings is 1. The summed E-state index contributed by atoms with van der Waals surface area (Å²) in [5.74, 6) is 0.0781. The molecule has 4 heteroatoms. The molecule has 1 aromatic carbocycles. The van der Waals surface area contributed by atoms with Crippen LogP contribution in [0.5, 0.6) is 5.75 Å². The van der Waals surface area contributed by atoms with Crippen LogP contribution < -0.4 is 4.74 Å². The summed E-state index contributed by atoms with van der Waals surface area (Å²) in [6, 6.07) is 8.51. The van der Waals surface area contributed by atoms with Gasteiger partial charge in [-0.2, -0.15) is 0 Å². The second kappa shape index (κ2) is 7.46. The van der Waals surface area contributed by atoms with Gasteiger partial charge in [-0.25, -0.2) is 0 Å². The number of hydrogen-bond acceptors (Lipinski definition) is 3. The lowest BCUT2D eigenvalue weighted by atomic mass is 9.91. The summed E-state index contributed by atoms with van der Waals surface area (Å²) >= 11 is 0. The highest BCUT2D eigenvalue weighted by Gasteiger charge is 2.29. The zero-order valence-corrected chi connectivity index (χ0v) is 12.9. The van der Waals surface area contributed by atoms with Crippen LogP contribution in [0, 0.1) is 5.92 Å². The molecular formula is C17H25NO3. The second-order valence-electron chi connectivity index (χ2n) is 5.87. The van der Waals surface area contributed by atoms with Crippen LogP contribution in [0.1, 0.15) is 38.7 Å². The Morgan fingerprint density at radius 3 is 2.95 bits per heavy atom. The number of hydrogen-bond donors (Lipinski definition) is 1. The van der Waals surface area contributed by atoms with Crippen LogP contribution in [0.3, 0.4) is 0 Å². The second-order valence-corrected chi connectivity index (χ2v) is 5.87. The fourth-order valence-corrected chi connectivity index (χ4v) is 2.87. The van der Waals surface area contributed by atoms with E-state index < -0.39 is 5.97 Å². The lowest BCUT2D eigenvalue weighted by molar-refractivity contribution is -0.144. The first-order chi connectivity index (χ1) is 10.1. The molecule has 1 aliphatic rings. The molecule has 0 amide bonds. The average Bonchev–Trinajstić information content (AvgIpc) is 2.47. The predicted molar refractivity (Wildman–Crippen MR) is 82.5 cm³/mol. The Balaban J connectivity index is 1.94. The Morgan fingerprint density at radius 2 is 2.29 bits per heavy atom. The summed E-state index contributed by atoms with van der Waals surface area (Å²) in [5, 5.41) is 9.12. The lowest BCUT2D eigenvalue weighted by Gasteiger charge is -2.36. The zero-order valence-electron chi connectivity index (χ0n) is 12.9. The van der Waals surface area contributed by atoms with E-state index in [9.17, 15) is 4.79 Å². The quantitative estimate of drug-likeness (QED) is 0.874. The molecule has 2 atom stereocenters. The molecule has 1 N–H and O–H groups in total. The minimum atomic E-state index is -0.656. The van der Waals surface area contributed by atoms with Gasteiger partial charge in [-0.05, 0) is 50.4 Å². The molecule has 0 aliphatic carbocycles. The van der Waals surface area contributed by atoms with E-state index in [0.717, 1.165) is 44.7 Å². The molecule has 0 radical (unpaired) electrons. The fourth-order valence-electron chi connectivity index (χ4n) is 2.87. The number of ether oxygens (including phenoxy) is 1. The molecule has 1 saturated heterocycles. The van der Waals surface area contributed by atoms with Crippen LogP contribution in [0.4, 0.5) is 0 Å². The molecule has 1 aromatic rings. The highest BCUT2D eigenvalue weighted by molar-refractivity contribution is 5.70. The number of carboxylic acid groups (broad SMARTS) is 1. The molecule has 0 aromatic heterocycles. The maximum atomic E-state index is 11.1. The molecule has 1 heterocycles. The average molecular weight is 291 g/mol. The lowest BCUT2D eigenvalue weighted by Crippen LogP contribution is -2.42. The van der Waals surface area contributed by atoms with Gasteiger partial charge in [0.05, 0.1) is 12.5 Å². The summed E-state index contributed by atoms with van der Waals surface area (Å²) in [6.45, 7) is 6.66. The van der Waals surface area contributed by atoms with E-state index in [4.69, 9.17) is 9.84 Å². The first kappa shape index (κ1) is 15.8. The van der Waals surface area contributed by atoms with Crippen molar-refractivity contribution in [2.45, 2.75) is 45.7 Å². The SMILES string of the molecule is CCCOc1cccc(CN2CCC(C(=O)O)CC2C)c1. The highest BCUT2D eigenvalue weighted by atomic mass is 16.5. The van der Waals surface area contributed by atoms with Crippen LogP contribution in [-0.4, -0.2) is 35.2 Å². The Kier molecular flexibility index (Phi) is 5.62. The smallest absolute Gasteiger partial charge is 0.306 e. The Labute approximate surface area is 126 Å². The van der Waals surface area contributed by atoms with E-state index in [1.165, 1.54) is 5.56 Å². The minimum absolute atomic E-state index is 0.185. The number of likely N-dealkylation sites (tertiary alicyclic amines) is 1. The Morgan fingerprint density at radius 1 is 1.48 bits per heavy atom. The summed E-state index contributed by atoms with van der Waals surface area (Å²) in [7, 11) is 0. The molecule has 1 aliphatic heterocycles. The van der Waals surface area contributed by atoms with E-state index in [2.05, 4.69) is 30.9 Å². The molecule has 2 unspecified atom stereocenters. The van der Waals surface area contributed by atoms with Gasteiger partial charge in [-0.3, -0.25) is 9.69 Å². The molecule has 0 saturated carbocycles. The number of benzene rings is 1. The van der Waals surface area contributed by atoms with Crippen molar-refractivity contribution >= 4 is 5.97 Å².